The van der Waals surface area contributed by atoms with Crippen LogP contribution in [-0.4, -0.2) is 31.2 Å². The molecule has 154 valence electrons. The summed E-state index contributed by atoms with van der Waals surface area (Å²) in [6, 6.07) is 9.74. The number of nitrogens with one attached hydrogen (secondary N) is 2. The SMILES string of the molecule is CCCOc1ccc(/C=N\NC(=O)C(=O)Nc2ccc(Cl)c(Cl)c2)cc1OCC. The van der Waals surface area contributed by atoms with Crippen LogP contribution in [0.5, 0.6) is 11.5 Å². The lowest BCUT2D eigenvalue weighted by molar-refractivity contribution is -0.136. The van der Waals surface area contributed by atoms with Crippen LogP contribution in [0, 0.1) is 0 Å². The summed E-state index contributed by atoms with van der Waals surface area (Å²) in [4.78, 5) is 23.8. The maximum Gasteiger partial charge on any atom is 0.329 e. The first-order valence-electron chi connectivity index (χ1n) is 8.93. The molecule has 0 aliphatic rings. The highest BCUT2D eigenvalue weighted by atomic mass is 35.5. The Balaban J connectivity index is 1.96. The van der Waals surface area contributed by atoms with Crippen molar-refractivity contribution in [1.29, 1.82) is 0 Å². The molecule has 2 N–H and O–H groups in total. The molecule has 0 saturated heterocycles. The summed E-state index contributed by atoms with van der Waals surface area (Å²) in [5, 5.41) is 6.81. The van der Waals surface area contributed by atoms with Crippen molar-refractivity contribution in [3.05, 3.63) is 52.0 Å². The van der Waals surface area contributed by atoms with Crippen LogP contribution in [0.4, 0.5) is 5.69 Å². The van der Waals surface area contributed by atoms with E-state index in [4.69, 9.17) is 32.7 Å². The maximum atomic E-state index is 11.9. The molecule has 2 rings (SSSR count). The Labute approximate surface area is 179 Å². The number of hydrogen-bond acceptors (Lipinski definition) is 5. The number of benzene rings is 2. The Hall–Kier alpha value is -2.77. The number of carbonyl (C=O) groups is 2. The van der Waals surface area contributed by atoms with Crippen molar-refractivity contribution >= 4 is 46.9 Å². The van der Waals surface area contributed by atoms with E-state index in [2.05, 4.69) is 15.8 Å². The van der Waals surface area contributed by atoms with Crippen LogP contribution in [0.15, 0.2) is 41.5 Å². The summed E-state index contributed by atoms with van der Waals surface area (Å²) in [5.41, 5.74) is 3.17. The number of carbonyl (C=O) groups excluding carboxylic acids is 2. The number of rotatable bonds is 8. The van der Waals surface area contributed by atoms with Crippen molar-refractivity contribution in [1.82, 2.24) is 5.43 Å². The summed E-state index contributed by atoms with van der Waals surface area (Å²) in [5.74, 6) is -0.608. The molecule has 0 fully saturated rings. The van der Waals surface area contributed by atoms with Crippen LogP contribution in [0.25, 0.3) is 0 Å². The van der Waals surface area contributed by atoms with Crippen LogP contribution in [0.3, 0.4) is 0 Å². The zero-order valence-electron chi connectivity index (χ0n) is 16.0. The monoisotopic (exact) mass is 437 g/mol. The van der Waals surface area contributed by atoms with Crippen molar-refractivity contribution in [3.63, 3.8) is 0 Å². The molecule has 0 radical (unpaired) electrons. The molecule has 29 heavy (non-hydrogen) atoms. The molecular weight excluding hydrogens is 417 g/mol. The molecule has 0 aliphatic carbocycles. The number of ether oxygens (including phenoxy) is 2. The molecule has 0 spiro atoms. The van der Waals surface area contributed by atoms with Crippen LogP contribution < -0.4 is 20.2 Å². The predicted octanol–water partition coefficient (Wildman–Crippen LogP) is 4.27. The predicted molar refractivity (Wildman–Crippen MR) is 114 cm³/mol. The Bertz CT molecular complexity index is 903. The molecule has 7 nitrogen and oxygen atoms in total. The standard InChI is InChI=1S/C20H21Cl2N3O4/c1-3-9-29-17-8-5-13(10-18(17)28-4-2)12-23-25-20(27)19(26)24-14-6-7-15(21)16(22)11-14/h5-8,10-12H,3-4,9H2,1-2H3,(H,24,26)(H,25,27)/b23-12-. The lowest BCUT2D eigenvalue weighted by Gasteiger charge is -2.11. The second-order valence-electron chi connectivity index (χ2n) is 5.77. The Morgan fingerprint density at radius 1 is 1.00 bits per heavy atom. The van der Waals surface area contributed by atoms with Gasteiger partial charge in [-0.05, 0) is 55.3 Å². The smallest absolute Gasteiger partial charge is 0.329 e. The Morgan fingerprint density at radius 3 is 2.48 bits per heavy atom. The zero-order valence-corrected chi connectivity index (χ0v) is 17.5. The van der Waals surface area contributed by atoms with Crippen molar-refractivity contribution < 1.29 is 19.1 Å². The van der Waals surface area contributed by atoms with Crippen molar-refractivity contribution in [3.8, 4) is 11.5 Å². The van der Waals surface area contributed by atoms with Gasteiger partial charge in [0.25, 0.3) is 0 Å². The average Bonchev–Trinajstić information content (AvgIpc) is 2.70. The zero-order chi connectivity index (χ0) is 21.2. The van der Waals surface area contributed by atoms with Crippen LogP contribution in [-0.2, 0) is 9.59 Å². The first-order chi connectivity index (χ1) is 13.9. The number of amides is 2. The normalized spacial score (nSPS) is 10.6. The minimum absolute atomic E-state index is 0.263. The molecular formula is C20H21Cl2N3O4. The number of halogens is 2. The van der Waals surface area contributed by atoms with Gasteiger partial charge in [0.2, 0.25) is 0 Å². The highest BCUT2D eigenvalue weighted by Crippen LogP contribution is 2.28. The van der Waals surface area contributed by atoms with Gasteiger partial charge in [-0.25, -0.2) is 5.43 Å². The third-order valence-electron chi connectivity index (χ3n) is 3.49. The molecule has 0 aromatic heterocycles. The van der Waals surface area contributed by atoms with Gasteiger partial charge in [-0.3, -0.25) is 9.59 Å². The average molecular weight is 438 g/mol. The summed E-state index contributed by atoms with van der Waals surface area (Å²) in [6.45, 7) is 4.95. The van der Waals surface area contributed by atoms with Crippen LogP contribution in [0.1, 0.15) is 25.8 Å². The number of hydrogen-bond donors (Lipinski definition) is 2. The Kier molecular flexibility index (Phi) is 8.76. The van der Waals surface area contributed by atoms with Crippen LogP contribution >= 0.6 is 23.2 Å². The van der Waals surface area contributed by atoms with Gasteiger partial charge in [-0.15, -0.1) is 0 Å². The van der Waals surface area contributed by atoms with Gasteiger partial charge in [0.1, 0.15) is 0 Å². The van der Waals surface area contributed by atoms with Crippen molar-refractivity contribution in [2.45, 2.75) is 20.3 Å². The lowest BCUT2D eigenvalue weighted by Crippen LogP contribution is -2.32. The molecule has 0 heterocycles. The van der Waals surface area contributed by atoms with Gasteiger partial charge >= 0.3 is 11.8 Å². The van der Waals surface area contributed by atoms with E-state index in [9.17, 15) is 9.59 Å². The van der Waals surface area contributed by atoms with Gasteiger partial charge < -0.3 is 14.8 Å². The quantitative estimate of drug-likeness (QED) is 0.366. The van der Waals surface area contributed by atoms with E-state index >= 15 is 0 Å². The first-order valence-corrected chi connectivity index (χ1v) is 9.69. The van der Waals surface area contributed by atoms with Crippen molar-refractivity contribution in [2.24, 2.45) is 5.10 Å². The molecule has 2 aromatic rings. The Morgan fingerprint density at radius 2 is 1.79 bits per heavy atom. The van der Waals surface area contributed by atoms with E-state index in [1.165, 1.54) is 24.4 Å². The molecule has 9 heteroatoms. The van der Waals surface area contributed by atoms with E-state index in [1.54, 1.807) is 18.2 Å². The largest absolute Gasteiger partial charge is 0.490 e. The molecule has 0 aliphatic heterocycles. The lowest BCUT2D eigenvalue weighted by atomic mass is 10.2. The molecule has 2 amide bonds. The summed E-state index contributed by atoms with van der Waals surface area (Å²) in [7, 11) is 0. The molecule has 2 aromatic carbocycles. The van der Waals surface area contributed by atoms with Gasteiger partial charge in [0, 0.05) is 5.69 Å². The molecule has 0 unspecified atom stereocenters. The van der Waals surface area contributed by atoms with Gasteiger partial charge in [0.15, 0.2) is 11.5 Å². The second-order valence-corrected chi connectivity index (χ2v) is 6.58. The molecule has 0 saturated carbocycles. The first kappa shape index (κ1) is 22.5. The fraction of sp³-hybridized carbons (Fsp3) is 0.250. The summed E-state index contributed by atoms with van der Waals surface area (Å²) < 4.78 is 11.2. The highest BCUT2D eigenvalue weighted by Gasteiger charge is 2.13. The summed E-state index contributed by atoms with van der Waals surface area (Å²) in [6.07, 6.45) is 2.28. The molecule has 0 atom stereocenters. The topological polar surface area (TPSA) is 89.0 Å². The van der Waals surface area contributed by atoms with Crippen molar-refractivity contribution in [2.75, 3.05) is 18.5 Å². The third kappa shape index (κ3) is 6.96. The number of anilines is 1. The second kappa shape index (κ2) is 11.3. The fourth-order valence-electron chi connectivity index (χ4n) is 2.18. The fourth-order valence-corrected chi connectivity index (χ4v) is 2.48. The van der Waals surface area contributed by atoms with Gasteiger partial charge in [0.05, 0.1) is 29.5 Å². The minimum Gasteiger partial charge on any atom is -0.490 e. The highest BCUT2D eigenvalue weighted by molar-refractivity contribution is 6.42. The third-order valence-corrected chi connectivity index (χ3v) is 4.23. The minimum atomic E-state index is -0.930. The summed E-state index contributed by atoms with van der Waals surface area (Å²) >= 11 is 11.7. The van der Waals surface area contributed by atoms with E-state index < -0.39 is 11.8 Å². The van der Waals surface area contributed by atoms with Gasteiger partial charge in [-0.2, -0.15) is 5.10 Å². The van der Waals surface area contributed by atoms with Gasteiger partial charge in [-0.1, -0.05) is 30.1 Å². The number of hydrazone groups is 1. The number of nitrogens with zero attached hydrogens (tertiary/aromatic N) is 1. The molecule has 0 bridgehead atoms. The van der Waals surface area contributed by atoms with Crippen LogP contribution in [0.2, 0.25) is 10.0 Å². The van der Waals surface area contributed by atoms with E-state index in [0.29, 0.717) is 41.0 Å². The maximum absolute atomic E-state index is 11.9. The van der Waals surface area contributed by atoms with E-state index in [-0.39, 0.29) is 5.02 Å². The van der Waals surface area contributed by atoms with E-state index in [1.807, 2.05) is 13.8 Å². The van der Waals surface area contributed by atoms with E-state index in [0.717, 1.165) is 6.42 Å².